The molecule has 0 spiro atoms. The number of aromatic nitrogens is 1. The first-order valence-electron chi connectivity index (χ1n) is 13.3. The number of halogens is 4. The second kappa shape index (κ2) is 12.2. The van der Waals surface area contributed by atoms with Crippen molar-refractivity contribution in [2.45, 2.75) is 45.3 Å². The van der Waals surface area contributed by atoms with Gasteiger partial charge in [-0.2, -0.15) is 13.2 Å². The van der Waals surface area contributed by atoms with Gasteiger partial charge in [0.15, 0.2) is 0 Å². The maximum atomic E-state index is 13.6. The van der Waals surface area contributed by atoms with Crippen LogP contribution in [0.5, 0.6) is 0 Å². The summed E-state index contributed by atoms with van der Waals surface area (Å²) in [6.07, 6.45) is -4.69. The number of aryl methyl sites for hydroxylation is 1. The van der Waals surface area contributed by atoms with Gasteiger partial charge in [-0.15, -0.1) is 0 Å². The highest BCUT2D eigenvalue weighted by atomic mass is 19.4. The molecule has 2 heterocycles. The molecule has 2 aromatic heterocycles. The van der Waals surface area contributed by atoms with Gasteiger partial charge in [0, 0.05) is 36.4 Å². The second-order valence-electron chi connectivity index (χ2n) is 10.2. The highest BCUT2D eigenvalue weighted by molar-refractivity contribution is 6.11. The monoisotopic (exact) mass is 595 g/mol. The maximum Gasteiger partial charge on any atom is 0.389 e. The summed E-state index contributed by atoms with van der Waals surface area (Å²) in [5.74, 6) is -1.56. The quantitative estimate of drug-likeness (QED) is 0.119. The Bertz CT molecular complexity index is 1720. The lowest BCUT2D eigenvalue weighted by atomic mass is 9.96. The lowest BCUT2D eigenvalue weighted by molar-refractivity contribution is -0.134. The van der Waals surface area contributed by atoms with Crippen LogP contribution in [0.2, 0.25) is 0 Å². The smallest absolute Gasteiger partial charge is 0.389 e. The first kappa shape index (κ1) is 31.1. The van der Waals surface area contributed by atoms with Crippen molar-refractivity contribution < 1.29 is 31.6 Å². The molecule has 0 aliphatic heterocycles. The number of amidine groups is 1. The van der Waals surface area contributed by atoms with E-state index in [0.29, 0.717) is 11.1 Å². The normalized spacial score (nSPS) is 12.1. The van der Waals surface area contributed by atoms with Crippen LogP contribution >= 0.6 is 0 Å². The Balaban J connectivity index is 1.88. The molecule has 0 saturated heterocycles. The number of alkyl halides is 3. The lowest BCUT2D eigenvalue weighted by Crippen LogP contribution is -2.48. The van der Waals surface area contributed by atoms with E-state index in [0.717, 1.165) is 0 Å². The molecule has 0 fully saturated rings. The molecule has 43 heavy (non-hydrogen) atoms. The van der Waals surface area contributed by atoms with Crippen LogP contribution in [0.25, 0.3) is 33.6 Å². The minimum absolute atomic E-state index is 0.0460. The molecule has 8 nitrogen and oxygen atoms in total. The van der Waals surface area contributed by atoms with E-state index >= 15 is 0 Å². The van der Waals surface area contributed by atoms with Crippen molar-refractivity contribution in [2.75, 3.05) is 7.05 Å². The molecular formula is C31H29F4N5O3. The summed E-state index contributed by atoms with van der Waals surface area (Å²) < 4.78 is 59.4. The van der Waals surface area contributed by atoms with Crippen LogP contribution in [0.4, 0.5) is 17.6 Å². The molecule has 2 aromatic carbocycles. The summed E-state index contributed by atoms with van der Waals surface area (Å²) >= 11 is 0. The Kier molecular flexibility index (Phi) is 8.79. The van der Waals surface area contributed by atoms with Gasteiger partial charge in [-0.1, -0.05) is 12.1 Å². The molecule has 4 rings (SSSR count). The fraction of sp³-hybridized carbons (Fsp3) is 0.258. The van der Waals surface area contributed by atoms with E-state index in [1.807, 2.05) is 0 Å². The van der Waals surface area contributed by atoms with Crippen LogP contribution in [0.15, 0.2) is 64.0 Å². The van der Waals surface area contributed by atoms with Crippen LogP contribution in [0, 0.1) is 11.2 Å². The number of benzene rings is 2. The maximum absolute atomic E-state index is 13.6. The van der Waals surface area contributed by atoms with E-state index in [1.54, 1.807) is 32.9 Å². The van der Waals surface area contributed by atoms with Crippen molar-refractivity contribution in [1.82, 2.24) is 15.6 Å². The first-order valence-corrected chi connectivity index (χ1v) is 13.3. The number of aliphatic imine (C=N–C) groups is 1. The number of amides is 2. The van der Waals surface area contributed by atoms with Crippen LogP contribution < -0.4 is 10.6 Å². The largest absolute Gasteiger partial charge is 0.437 e. The summed E-state index contributed by atoms with van der Waals surface area (Å²) in [6, 6.07) is 13.0. The van der Waals surface area contributed by atoms with E-state index in [9.17, 15) is 27.2 Å². The number of hydrogen-bond donors (Lipinski definition) is 3. The summed E-state index contributed by atoms with van der Waals surface area (Å²) in [6.45, 7) is 4.89. The molecule has 4 aromatic rings. The summed E-state index contributed by atoms with van der Waals surface area (Å²) in [4.78, 5) is 34.5. The Hall–Kier alpha value is -4.87. The summed E-state index contributed by atoms with van der Waals surface area (Å²) in [7, 11) is 1.41. The minimum Gasteiger partial charge on any atom is -0.437 e. The molecule has 3 N–H and O–H groups in total. The number of hydrogen-bond acceptors (Lipinski definition) is 5. The van der Waals surface area contributed by atoms with Gasteiger partial charge in [0.2, 0.25) is 5.71 Å². The Labute approximate surface area is 244 Å². The SMILES string of the molecule is CC=NC(=N)C(C)(C)NC(=O)c1cccc(-c2cc3c(C(=O)NC)c(-c4ccc(F)cc4)oc3nc2CCC(F)(F)F)c1. The highest BCUT2D eigenvalue weighted by Crippen LogP contribution is 2.37. The topological polar surface area (TPSA) is 120 Å². The number of nitrogens with zero attached hydrogens (tertiary/aromatic N) is 2. The van der Waals surface area contributed by atoms with E-state index in [1.165, 1.54) is 55.7 Å². The third kappa shape index (κ3) is 6.96. The number of fused-ring (bicyclic) bond motifs is 1. The lowest BCUT2D eigenvalue weighted by Gasteiger charge is -2.24. The number of nitrogens with one attached hydrogen (secondary N) is 3. The zero-order valence-corrected chi connectivity index (χ0v) is 23.8. The van der Waals surface area contributed by atoms with Crippen molar-refractivity contribution in [3.8, 4) is 22.5 Å². The molecule has 0 unspecified atom stereocenters. The van der Waals surface area contributed by atoms with E-state index in [4.69, 9.17) is 9.83 Å². The van der Waals surface area contributed by atoms with Crippen molar-refractivity contribution in [1.29, 1.82) is 5.41 Å². The molecule has 2 amide bonds. The highest BCUT2D eigenvalue weighted by Gasteiger charge is 2.30. The third-order valence-electron chi connectivity index (χ3n) is 6.68. The number of carbonyl (C=O) groups is 2. The van der Waals surface area contributed by atoms with Gasteiger partial charge < -0.3 is 15.1 Å². The Morgan fingerprint density at radius 2 is 1.74 bits per heavy atom. The van der Waals surface area contributed by atoms with Gasteiger partial charge in [0.1, 0.15) is 17.4 Å². The van der Waals surface area contributed by atoms with Crippen LogP contribution in [0.1, 0.15) is 53.6 Å². The van der Waals surface area contributed by atoms with E-state index in [-0.39, 0.29) is 45.1 Å². The van der Waals surface area contributed by atoms with Crippen molar-refractivity contribution in [3.63, 3.8) is 0 Å². The molecule has 0 radical (unpaired) electrons. The molecule has 0 aliphatic carbocycles. The fourth-order valence-corrected chi connectivity index (χ4v) is 4.45. The zero-order valence-electron chi connectivity index (χ0n) is 23.8. The summed E-state index contributed by atoms with van der Waals surface area (Å²) in [5.41, 5.74) is 0.159. The first-order chi connectivity index (χ1) is 20.2. The fourth-order valence-electron chi connectivity index (χ4n) is 4.45. The minimum atomic E-state index is -4.47. The number of pyridine rings is 1. The summed E-state index contributed by atoms with van der Waals surface area (Å²) in [5, 5.41) is 13.6. The third-order valence-corrected chi connectivity index (χ3v) is 6.68. The molecule has 0 saturated carbocycles. The molecule has 0 atom stereocenters. The second-order valence-corrected chi connectivity index (χ2v) is 10.2. The van der Waals surface area contributed by atoms with Gasteiger partial charge in [0.05, 0.1) is 22.2 Å². The average molecular weight is 596 g/mol. The Morgan fingerprint density at radius 3 is 2.37 bits per heavy atom. The van der Waals surface area contributed by atoms with Crippen molar-refractivity contribution in [2.24, 2.45) is 4.99 Å². The van der Waals surface area contributed by atoms with E-state index < -0.39 is 42.2 Å². The van der Waals surface area contributed by atoms with Crippen LogP contribution in [-0.4, -0.2) is 47.6 Å². The average Bonchev–Trinajstić information content (AvgIpc) is 3.33. The van der Waals surface area contributed by atoms with Gasteiger partial charge in [-0.05, 0) is 75.2 Å². The van der Waals surface area contributed by atoms with Gasteiger partial charge >= 0.3 is 6.18 Å². The molecule has 12 heteroatoms. The van der Waals surface area contributed by atoms with Crippen molar-refractivity contribution in [3.05, 3.63) is 77.2 Å². The van der Waals surface area contributed by atoms with Crippen LogP contribution in [0.3, 0.4) is 0 Å². The number of carbonyl (C=O) groups excluding carboxylic acids is 2. The number of rotatable bonds is 8. The van der Waals surface area contributed by atoms with E-state index in [2.05, 4.69) is 20.6 Å². The Morgan fingerprint density at radius 1 is 1.05 bits per heavy atom. The predicted molar refractivity (Wildman–Crippen MR) is 156 cm³/mol. The van der Waals surface area contributed by atoms with Gasteiger partial charge in [-0.25, -0.2) is 14.4 Å². The zero-order chi connectivity index (χ0) is 31.5. The standard InChI is InChI=1S/C31H29F4N5O3/c1-5-38-29(36)30(2,3)40-26(41)19-8-6-7-18(15-19)21-16-22-24(27(42)37-4)25(17-9-11-20(32)12-10-17)43-28(22)39-23(21)13-14-31(33,34)35/h5-12,15-16,36H,13-14H2,1-4H3,(H,37,42)(H,40,41). The number of furan rings is 1. The van der Waals surface area contributed by atoms with Gasteiger partial charge in [0.25, 0.3) is 11.8 Å². The molecule has 0 aliphatic rings. The molecule has 224 valence electrons. The van der Waals surface area contributed by atoms with Crippen molar-refractivity contribution >= 4 is 35.0 Å². The predicted octanol–water partition coefficient (Wildman–Crippen LogP) is 6.73. The van der Waals surface area contributed by atoms with Gasteiger partial charge in [-0.3, -0.25) is 15.0 Å². The van der Waals surface area contributed by atoms with Crippen LogP contribution in [-0.2, 0) is 6.42 Å². The molecule has 0 bridgehead atoms. The molecular weight excluding hydrogens is 566 g/mol.